The molecule has 6 heteroatoms. The van der Waals surface area contributed by atoms with E-state index in [9.17, 15) is 14.7 Å². The lowest BCUT2D eigenvalue weighted by Gasteiger charge is -2.71. The third-order valence-electron chi connectivity index (χ3n) is 8.66. The number of fused-ring (bicyclic) bond motifs is 2. The summed E-state index contributed by atoms with van der Waals surface area (Å²) >= 11 is 0. The highest BCUT2D eigenvalue weighted by atomic mass is 16.5. The molecule has 5 atom stereocenters. The molecule has 3 aliphatic carbocycles. The monoisotopic (exact) mass is 382 g/mol. The molecule has 2 saturated heterocycles. The van der Waals surface area contributed by atoms with E-state index in [4.69, 9.17) is 4.74 Å². The zero-order valence-corrected chi connectivity index (χ0v) is 16.2. The maximum atomic E-state index is 13.5. The summed E-state index contributed by atoms with van der Waals surface area (Å²) in [5.74, 6) is -0.159. The Morgan fingerprint density at radius 2 is 2.04 bits per heavy atom. The van der Waals surface area contributed by atoms with Gasteiger partial charge in [0.05, 0.1) is 18.3 Å². The summed E-state index contributed by atoms with van der Waals surface area (Å²) in [5.41, 5.74) is -0.612. The number of amides is 1. The van der Waals surface area contributed by atoms with Crippen molar-refractivity contribution in [1.29, 1.82) is 0 Å². The first-order chi connectivity index (χ1) is 13.5. The SMILES string of the molecule is COC(=O)N1c2ccccc2[C@@H]2[C@H]3N4CCC[C@]35CC[C@@]21[C@@](O)(C5)C(=O)CC4. The second-order valence-electron chi connectivity index (χ2n) is 9.42. The Kier molecular flexibility index (Phi) is 3.13. The van der Waals surface area contributed by atoms with Crippen molar-refractivity contribution in [1.82, 2.24) is 4.90 Å². The number of nitrogens with zero attached hydrogens (tertiary/aromatic N) is 2. The minimum atomic E-state index is -1.51. The number of aliphatic hydroxyl groups is 1. The molecule has 0 aromatic heterocycles. The number of Topliss-reactive ketones (excluding diaryl/α,β-unsaturated/α-hetero) is 1. The summed E-state index contributed by atoms with van der Waals surface area (Å²) in [6.45, 7) is 1.70. The Labute approximate surface area is 164 Å². The van der Waals surface area contributed by atoms with Crippen LogP contribution in [0.4, 0.5) is 10.5 Å². The van der Waals surface area contributed by atoms with Gasteiger partial charge in [-0.3, -0.25) is 14.6 Å². The zero-order valence-electron chi connectivity index (χ0n) is 16.2. The molecule has 0 unspecified atom stereocenters. The Morgan fingerprint density at radius 1 is 1.21 bits per heavy atom. The molecule has 3 aliphatic heterocycles. The molecule has 1 amide bonds. The molecule has 3 heterocycles. The number of piperidine rings is 1. The molecule has 2 spiro atoms. The number of hydrogen-bond donors (Lipinski definition) is 1. The van der Waals surface area contributed by atoms with Gasteiger partial charge in [0.2, 0.25) is 0 Å². The van der Waals surface area contributed by atoms with Crippen molar-refractivity contribution in [2.45, 2.75) is 61.6 Å². The maximum absolute atomic E-state index is 13.5. The van der Waals surface area contributed by atoms with Gasteiger partial charge in [-0.25, -0.2) is 4.79 Å². The number of carbonyl (C=O) groups is 2. The number of hydrogen-bond acceptors (Lipinski definition) is 5. The molecule has 3 saturated carbocycles. The molecule has 4 bridgehead atoms. The number of ketones is 1. The van der Waals surface area contributed by atoms with E-state index in [-0.39, 0.29) is 23.2 Å². The van der Waals surface area contributed by atoms with Gasteiger partial charge in [-0.1, -0.05) is 18.2 Å². The summed E-state index contributed by atoms with van der Waals surface area (Å²) in [4.78, 5) is 30.7. The van der Waals surface area contributed by atoms with Gasteiger partial charge in [-0.05, 0) is 55.7 Å². The minimum Gasteiger partial charge on any atom is -0.452 e. The Hall–Kier alpha value is -1.92. The molecule has 1 N–H and O–H groups in total. The summed E-state index contributed by atoms with van der Waals surface area (Å²) in [6.07, 6.45) is 4.11. The van der Waals surface area contributed by atoms with Crippen LogP contribution in [-0.4, -0.2) is 59.3 Å². The van der Waals surface area contributed by atoms with E-state index in [2.05, 4.69) is 11.0 Å². The molecule has 0 radical (unpaired) electrons. The van der Waals surface area contributed by atoms with Crippen LogP contribution in [0.2, 0.25) is 0 Å². The van der Waals surface area contributed by atoms with E-state index >= 15 is 0 Å². The number of ether oxygens (including phenoxy) is 1. The molecule has 5 fully saturated rings. The van der Waals surface area contributed by atoms with Crippen molar-refractivity contribution in [2.75, 3.05) is 25.1 Å². The lowest BCUT2D eigenvalue weighted by Crippen LogP contribution is -2.82. The first kappa shape index (κ1) is 17.0. The van der Waals surface area contributed by atoms with Crippen LogP contribution in [0.5, 0.6) is 0 Å². The summed E-state index contributed by atoms with van der Waals surface area (Å²) in [5, 5.41) is 12.1. The van der Waals surface area contributed by atoms with Crippen molar-refractivity contribution in [3.05, 3.63) is 29.8 Å². The van der Waals surface area contributed by atoms with Gasteiger partial charge in [0.25, 0.3) is 0 Å². The normalized spacial score (nSPS) is 43.4. The number of benzene rings is 1. The molecule has 28 heavy (non-hydrogen) atoms. The van der Waals surface area contributed by atoms with E-state index in [0.29, 0.717) is 25.8 Å². The van der Waals surface area contributed by atoms with E-state index in [0.717, 1.165) is 37.1 Å². The van der Waals surface area contributed by atoms with Gasteiger partial charge in [0.1, 0.15) is 5.60 Å². The van der Waals surface area contributed by atoms with E-state index in [1.807, 2.05) is 18.2 Å². The number of carbonyl (C=O) groups excluding carboxylic acids is 2. The molecule has 1 aromatic rings. The van der Waals surface area contributed by atoms with Gasteiger partial charge in [0.15, 0.2) is 5.78 Å². The zero-order chi connectivity index (χ0) is 19.3. The highest BCUT2D eigenvalue weighted by Crippen LogP contribution is 2.72. The van der Waals surface area contributed by atoms with Crippen LogP contribution in [0.15, 0.2) is 24.3 Å². The largest absolute Gasteiger partial charge is 0.452 e. The van der Waals surface area contributed by atoms with Gasteiger partial charge in [-0.2, -0.15) is 0 Å². The minimum absolute atomic E-state index is 0.0469. The number of rotatable bonds is 0. The van der Waals surface area contributed by atoms with Gasteiger partial charge < -0.3 is 9.84 Å². The Morgan fingerprint density at radius 3 is 2.86 bits per heavy atom. The van der Waals surface area contributed by atoms with Crippen LogP contribution in [0.25, 0.3) is 0 Å². The quantitative estimate of drug-likeness (QED) is 0.746. The average Bonchev–Trinajstić information content (AvgIpc) is 3.01. The molecule has 7 rings (SSSR count). The van der Waals surface area contributed by atoms with Crippen molar-refractivity contribution in [2.24, 2.45) is 5.41 Å². The first-order valence-electron chi connectivity index (χ1n) is 10.5. The molecule has 148 valence electrons. The van der Waals surface area contributed by atoms with Crippen molar-refractivity contribution >= 4 is 17.6 Å². The fourth-order valence-corrected chi connectivity index (χ4v) is 7.84. The smallest absolute Gasteiger partial charge is 0.414 e. The predicted molar refractivity (Wildman–Crippen MR) is 102 cm³/mol. The lowest BCUT2D eigenvalue weighted by atomic mass is 9.41. The third kappa shape index (κ3) is 1.62. The third-order valence-corrected chi connectivity index (χ3v) is 8.66. The van der Waals surface area contributed by atoms with E-state index in [1.54, 1.807) is 4.90 Å². The van der Waals surface area contributed by atoms with Crippen molar-refractivity contribution in [3.8, 4) is 0 Å². The molecule has 1 aromatic carbocycles. The first-order valence-corrected chi connectivity index (χ1v) is 10.5. The van der Waals surface area contributed by atoms with Crippen molar-refractivity contribution in [3.63, 3.8) is 0 Å². The average molecular weight is 382 g/mol. The van der Waals surface area contributed by atoms with Crippen LogP contribution < -0.4 is 4.90 Å². The maximum Gasteiger partial charge on any atom is 0.414 e. The van der Waals surface area contributed by atoms with Crippen LogP contribution >= 0.6 is 0 Å². The highest BCUT2D eigenvalue weighted by Gasteiger charge is 2.79. The number of para-hydroxylation sites is 1. The summed E-state index contributed by atoms with van der Waals surface area (Å²) in [7, 11) is 1.38. The molecular formula is C22H26N2O4. The predicted octanol–water partition coefficient (Wildman–Crippen LogP) is 2.45. The highest BCUT2D eigenvalue weighted by molar-refractivity contribution is 6.00. The molecular weight excluding hydrogens is 356 g/mol. The van der Waals surface area contributed by atoms with E-state index < -0.39 is 17.2 Å². The van der Waals surface area contributed by atoms with Gasteiger partial charge >= 0.3 is 6.09 Å². The fourth-order valence-electron chi connectivity index (χ4n) is 7.84. The Balaban J connectivity index is 1.69. The summed E-state index contributed by atoms with van der Waals surface area (Å²) < 4.78 is 5.19. The van der Waals surface area contributed by atoms with Crippen LogP contribution in [0, 0.1) is 5.41 Å². The number of anilines is 1. The van der Waals surface area contributed by atoms with Crippen LogP contribution in [0.1, 0.15) is 50.0 Å². The van der Waals surface area contributed by atoms with Crippen LogP contribution in [0.3, 0.4) is 0 Å². The van der Waals surface area contributed by atoms with Gasteiger partial charge in [-0.15, -0.1) is 0 Å². The standard InChI is InChI=1S/C22H26N2O4/c1-28-19(26)24-15-6-3-2-5-14(15)17-18-20-8-4-11-23(18)12-7-16(25)22(27,13-20)21(17,24)10-9-20/h2-3,5-6,17-18,27H,4,7-13H2,1H3/t17-,18-,20-,21+,22-/m1/s1. The summed E-state index contributed by atoms with van der Waals surface area (Å²) in [6, 6.07) is 8.21. The van der Waals surface area contributed by atoms with E-state index in [1.165, 1.54) is 7.11 Å². The van der Waals surface area contributed by atoms with Crippen molar-refractivity contribution < 1.29 is 19.4 Å². The Bertz CT molecular complexity index is 902. The second-order valence-corrected chi connectivity index (χ2v) is 9.42. The van der Waals surface area contributed by atoms with Gasteiger partial charge in [0, 0.05) is 24.9 Å². The molecule has 6 nitrogen and oxygen atoms in total. The topological polar surface area (TPSA) is 70.1 Å². The molecule has 6 aliphatic rings. The fraction of sp³-hybridized carbons (Fsp3) is 0.636. The number of methoxy groups -OCH3 is 1. The van der Waals surface area contributed by atoms with Crippen LogP contribution in [-0.2, 0) is 9.53 Å². The second kappa shape index (κ2) is 5.16. The lowest BCUT2D eigenvalue weighted by molar-refractivity contribution is -0.213.